The summed E-state index contributed by atoms with van der Waals surface area (Å²) in [4.78, 5) is 10.6. The van der Waals surface area contributed by atoms with Crippen LogP contribution in [0.15, 0.2) is 36.7 Å². The van der Waals surface area contributed by atoms with Crippen molar-refractivity contribution in [1.29, 1.82) is 0 Å². The minimum absolute atomic E-state index is 0. The molecule has 0 aliphatic carbocycles. The standard InChI is InChI=1S/C10H10N2O2.ClH/c13-10(14)8-3-1-7(2-4-8)9-11-5-6-12-9;/h1-6,9,11-12H,(H,13,14);1H. The van der Waals surface area contributed by atoms with E-state index in [1.165, 1.54) is 0 Å². The molecular formula is C10H11ClN2O2. The Morgan fingerprint density at radius 2 is 1.67 bits per heavy atom. The van der Waals surface area contributed by atoms with E-state index in [4.69, 9.17) is 5.11 Å². The first-order valence-corrected chi connectivity index (χ1v) is 4.28. The minimum Gasteiger partial charge on any atom is -0.478 e. The Balaban J connectivity index is 0.00000112. The molecule has 0 fully saturated rings. The van der Waals surface area contributed by atoms with Gasteiger partial charge in [0.05, 0.1) is 5.56 Å². The van der Waals surface area contributed by atoms with Crippen LogP contribution in [0.4, 0.5) is 0 Å². The highest BCUT2D eigenvalue weighted by Crippen LogP contribution is 2.13. The number of hydrogen-bond acceptors (Lipinski definition) is 3. The van der Waals surface area contributed by atoms with Gasteiger partial charge < -0.3 is 15.7 Å². The zero-order valence-electron chi connectivity index (χ0n) is 7.81. The van der Waals surface area contributed by atoms with Crippen LogP contribution >= 0.6 is 12.4 Å². The van der Waals surface area contributed by atoms with Crippen LogP contribution < -0.4 is 10.6 Å². The van der Waals surface area contributed by atoms with Crippen molar-refractivity contribution in [1.82, 2.24) is 10.6 Å². The monoisotopic (exact) mass is 226 g/mol. The summed E-state index contributed by atoms with van der Waals surface area (Å²) in [6, 6.07) is 6.78. The number of carboxylic acid groups (broad SMARTS) is 1. The molecule has 15 heavy (non-hydrogen) atoms. The summed E-state index contributed by atoms with van der Waals surface area (Å²) in [7, 11) is 0. The summed E-state index contributed by atoms with van der Waals surface area (Å²) < 4.78 is 0. The van der Waals surface area contributed by atoms with Gasteiger partial charge in [-0.15, -0.1) is 12.4 Å². The van der Waals surface area contributed by atoms with Crippen LogP contribution in [-0.4, -0.2) is 11.1 Å². The van der Waals surface area contributed by atoms with Crippen molar-refractivity contribution in [3.63, 3.8) is 0 Å². The summed E-state index contributed by atoms with van der Waals surface area (Å²) in [5.74, 6) is -0.901. The van der Waals surface area contributed by atoms with E-state index in [9.17, 15) is 4.79 Å². The zero-order chi connectivity index (χ0) is 9.97. The van der Waals surface area contributed by atoms with Gasteiger partial charge in [0.1, 0.15) is 6.17 Å². The third-order valence-corrected chi connectivity index (χ3v) is 2.10. The molecule has 5 heteroatoms. The molecule has 1 aliphatic rings. The van der Waals surface area contributed by atoms with E-state index in [0.717, 1.165) is 5.56 Å². The highest BCUT2D eigenvalue weighted by Gasteiger charge is 2.11. The fraction of sp³-hybridized carbons (Fsp3) is 0.100. The summed E-state index contributed by atoms with van der Waals surface area (Å²) >= 11 is 0. The lowest BCUT2D eigenvalue weighted by Gasteiger charge is -2.12. The second kappa shape index (κ2) is 4.70. The molecule has 3 N–H and O–H groups in total. The molecule has 0 atom stereocenters. The fourth-order valence-corrected chi connectivity index (χ4v) is 1.35. The normalized spacial score (nSPS) is 13.9. The lowest BCUT2D eigenvalue weighted by Crippen LogP contribution is -2.20. The number of halogens is 1. The van der Waals surface area contributed by atoms with E-state index in [2.05, 4.69) is 10.6 Å². The van der Waals surface area contributed by atoms with Crippen molar-refractivity contribution in [2.75, 3.05) is 0 Å². The molecule has 1 aromatic carbocycles. The summed E-state index contributed by atoms with van der Waals surface area (Å²) in [5, 5.41) is 14.9. The Hall–Kier alpha value is -1.68. The predicted molar refractivity (Wildman–Crippen MR) is 58.8 cm³/mol. The van der Waals surface area contributed by atoms with Crippen LogP contribution in [0, 0.1) is 0 Å². The van der Waals surface area contributed by atoms with Crippen molar-refractivity contribution in [3.05, 3.63) is 47.8 Å². The number of carboxylic acids is 1. The third-order valence-electron chi connectivity index (χ3n) is 2.10. The van der Waals surface area contributed by atoms with Crippen LogP contribution in [0.3, 0.4) is 0 Å². The maximum atomic E-state index is 10.6. The van der Waals surface area contributed by atoms with Crippen molar-refractivity contribution >= 4 is 18.4 Å². The van der Waals surface area contributed by atoms with Crippen molar-refractivity contribution in [2.45, 2.75) is 6.17 Å². The zero-order valence-corrected chi connectivity index (χ0v) is 8.62. The Bertz CT molecular complexity index is 368. The molecule has 0 radical (unpaired) electrons. The van der Waals surface area contributed by atoms with Gasteiger partial charge in [-0.2, -0.15) is 0 Å². The van der Waals surface area contributed by atoms with Gasteiger partial charge in [0.25, 0.3) is 0 Å². The first-order chi connectivity index (χ1) is 6.77. The van der Waals surface area contributed by atoms with Gasteiger partial charge in [-0.25, -0.2) is 4.79 Å². The molecule has 0 saturated carbocycles. The highest BCUT2D eigenvalue weighted by molar-refractivity contribution is 5.87. The molecule has 4 nitrogen and oxygen atoms in total. The highest BCUT2D eigenvalue weighted by atomic mass is 35.5. The first kappa shape index (κ1) is 11.4. The fourth-order valence-electron chi connectivity index (χ4n) is 1.35. The van der Waals surface area contributed by atoms with E-state index in [1.54, 1.807) is 24.3 Å². The maximum Gasteiger partial charge on any atom is 0.335 e. The second-order valence-electron chi connectivity index (χ2n) is 3.03. The van der Waals surface area contributed by atoms with Crippen molar-refractivity contribution in [3.8, 4) is 0 Å². The Labute approximate surface area is 93.4 Å². The molecule has 80 valence electrons. The lowest BCUT2D eigenvalue weighted by atomic mass is 10.1. The van der Waals surface area contributed by atoms with E-state index in [-0.39, 0.29) is 18.6 Å². The largest absolute Gasteiger partial charge is 0.478 e. The number of nitrogens with one attached hydrogen (secondary N) is 2. The SMILES string of the molecule is Cl.O=C(O)c1ccc(C2NC=CN2)cc1. The van der Waals surface area contributed by atoms with Gasteiger partial charge in [0.2, 0.25) is 0 Å². The van der Waals surface area contributed by atoms with Crippen LogP contribution in [0.25, 0.3) is 0 Å². The Morgan fingerprint density at radius 1 is 1.13 bits per heavy atom. The molecule has 2 rings (SSSR count). The molecule has 0 bridgehead atoms. The Kier molecular flexibility index (Phi) is 3.57. The molecule has 0 amide bonds. The summed E-state index contributed by atoms with van der Waals surface area (Å²) in [5.41, 5.74) is 1.32. The topological polar surface area (TPSA) is 61.4 Å². The van der Waals surface area contributed by atoms with Gasteiger partial charge in [-0.3, -0.25) is 0 Å². The Morgan fingerprint density at radius 3 is 2.13 bits per heavy atom. The third kappa shape index (κ3) is 2.41. The predicted octanol–water partition coefficient (Wildman–Crippen LogP) is 1.47. The maximum absolute atomic E-state index is 10.6. The molecule has 0 saturated heterocycles. The second-order valence-corrected chi connectivity index (χ2v) is 3.03. The van der Waals surface area contributed by atoms with Gasteiger partial charge in [-0.1, -0.05) is 12.1 Å². The van der Waals surface area contributed by atoms with E-state index in [1.807, 2.05) is 12.4 Å². The summed E-state index contributed by atoms with van der Waals surface area (Å²) in [6.07, 6.45) is 3.68. The molecule has 1 aromatic rings. The van der Waals surface area contributed by atoms with Crippen LogP contribution in [0.5, 0.6) is 0 Å². The quantitative estimate of drug-likeness (QED) is 0.715. The van der Waals surface area contributed by atoms with E-state index >= 15 is 0 Å². The molecule has 0 spiro atoms. The van der Waals surface area contributed by atoms with Gasteiger partial charge in [-0.05, 0) is 17.7 Å². The smallest absolute Gasteiger partial charge is 0.335 e. The average Bonchev–Trinajstić information content (AvgIpc) is 2.71. The number of carbonyl (C=O) groups is 1. The molecule has 0 unspecified atom stereocenters. The van der Waals surface area contributed by atoms with E-state index < -0.39 is 5.97 Å². The number of rotatable bonds is 2. The van der Waals surface area contributed by atoms with Crippen molar-refractivity contribution in [2.24, 2.45) is 0 Å². The first-order valence-electron chi connectivity index (χ1n) is 4.28. The minimum atomic E-state index is -0.901. The molecule has 1 aliphatic heterocycles. The summed E-state index contributed by atoms with van der Waals surface area (Å²) in [6.45, 7) is 0. The van der Waals surface area contributed by atoms with Crippen LogP contribution in [0.2, 0.25) is 0 Å². The van der Waals surface area contributed by atoms with Gasteiger partial charge in [0.15, 0.2) is 0 Å². The van der Waals surface area contributed by atoms with Crippen LogP contribution in [-0.2, 0) is 0 Å². The molecule has 0 aromatic heterocycles. The number of aromatic carboxylic acids is 1. The van der Waals surface area contributed by atoms with Gasteiger partial charge >= 0.3 is 5.97 Å². The molecule has 1 heterocycles. The van der Waals surface area contributed by atoms with Crippen molar-refractivity contribution < 1.29 is 9.90 Å². The number of benzene rings is 1. The average molecular weight is 227 g/mol. The van der Waals surface area contributed by atoms with E-state index in [0.29, 0.717) is 5.56 Å². The van der Waals surface area contributed by atoms with Gasteiger partial charge in [0, 0.05) is 12.4 Å². The molecular weight excluding hydrogens is 216 g/mol. The van der Waals surface area contributed by atoms with Crippen LogP contribution in [0.1, 0.15) is 22.1 Å². The number of hydrogen-bond donors (Lipinski definition) is 3. The lowest BCUT2D eigenvalue weighted by molar-refractivity contribution is 0.0697.